The molecule has 0 saturated carbocycles. The molecule has 3 amide bonds. The van der Waals surface area contributed by atoms with Crippen LogP contribution in [0.3, 0.4) is 0 Å². The molecular weight excluding hydrogens is 474 g/mol. The van der Waals surface area contributed by atoms with E-state index in [9.17, 15) is 19.5 Å². The van der Waals surface area contributed by atoms with Gasteiger partial charge in [0, 0.05) is 31.5 Å². The zero-order valence-corrected chi connectivity index (χ0v) is 21.2. The molecule has 3 fully saturated rings. The van der Waals surface area contributed by atoms with Crippen LogP contribution in [-0.4, -0.2) is 56.9 Å². The molecule has 5 rings (SSSR count). The molecule has 3 aliphatic heterocycles. The van der Waals surface area contributed by atoms with Gasteiger partial charge < -0.3 is 20.6 Å². The van der Waals surface area contributed by atoms with E-state index >= 15 is 0 Å². The Kier molecular flexibility index (Phi) is 7.08. The van der Waals surface area contributed by atoms with Gasteiger partial charge in [0.1, 0.15) is 6.04 Å². The Labute approximate surface area is 216 Å². The van der Waals surface area contributed by atoms with Crippen molar-refractivity contribution in [2.24, 2.45) is 17.8 Å². The van der Waals surface area contributed by atoms with Crippen LogP contribution < -0.4 is 10.6 Å². The highest BCUT2D eigenvalue weighted by Gasteiger charge is 2.75. The first-order valence-corrected chi connectivity index (χ1v) is 13.6. The Morgan fingerprint density at radius 2 is 1.58 bits per heavy atom. The van der Waals surface area contributed by atoms with Crippen LogP contribution in [0.25, 0.3) is 0 Å². The van der Waals surface area contributed by atoms with Gasteiger partial charge in [0.15, 0.2) is 0 Å². The second kappa shape index (κ2) is 10.3. The molecule has 0 radical (unpaired) electrons. The van der Waals surface area contributed by atoms with Crippen molar-refractivity contribution < 1.29 is 19.5 Å². The van der Waals surface area contributed by atoms with Crippen LogP contribution in [0, 0.1) is 17.8 Å². The molecule has 6 atom stereocenters. The number of aliphatic hydroxyl groups excluding tert-OH is 1. The molecule has 0 aromatic heterocycles. The molecule has 0 aliphatic carbocycles. The van der Waals surface area contributed by atoms with Crippen LogP contribution in [0.2, 0.25) is 0 Å². The highest BCUT2D eigenvalue weighted by atomic mass is 32.2. The number of thioether (sulfide) groups is 1. The summed E-state index contributed by atoms with van der Waals surface area (Å²) in [6.07, 6.45) is 1.19. The van der Waals surface area contributed by atoms with E-state index in [0.29, 0.717) is 26.1 Å². The molecule has 1 spiro atoms. The van der Waals surface area contributed by atoms with Crippen molar-refractivity contribution in [1.29, 1.82) is 0 Å². The van der Waals surface area contributed by atoms with Crippen LogP contribution >= 0.6 is 11.8 Å². The number of carbonyl (C=O) groups is 3. The predicted octanol–water partition coefficient (Wildman–Crippen LogP) is 2.34. The monoisotopic (exact) mass is 507 g/mol. The Morgan fingerprint density at radius 1 is 1.00 bits per heavy atom. The fourth-order valence-corrected chi connectivity index (χ4v) is 8.81. The SMILES string of the molecule is CC1C[C@H]2SC13C(C(=O)NCc1ccccc1)N(CCCO)C(=O)[C@@H]3[C@H]2C(=O)NCc1ccccc1. The van der Waals surface area contributed by atoms with Gasteiger partial charge in [-0.15, -0.1) is 11.8 Å². The number of nitrogens with one attached hydrogen (secondary N) is 2. The van der Waals surface area contributed by atoms with E-state index in [1.165, 1.54) is 0 Å². The van der Waals surface area contributed by atoms with Crippen molar-refractivity contribution in [3.05, 3.63) is 71.8 Å². The van der Waals surface area contributed by atoms with Crippen molar-refractivity contribution in [2.75, 3.05) is 13.2 Å². The smallest absolute Gasteiger partial charge is 0.244 e. The second-order valence-corrected chi connectivity index (χ2v) is 11.6. The largest absolute Gasteiger partial charge is 0.396 e. The number of nitrogens with zero attached hydrogens (tertiary/aromatic N) is 1. The minimum Gasteiger partial charge on any atom is -0.396 e. The lowest BCUT2D eigenvalue weighted by Crippen LogP contribution is -2.56. The number of carbonyl (C=O) groups excluding carboxylic acids is 3. The Morgan fingerprint density at radius 3 is 2.17 bits per heavy atom. The maximum atomic E-state index is 13.9. The highest BCUT2D eigenvalue weighted by Crippen LogP contribution is 2.68. The van der Waals surface area contributed by atoms with Crippen LogP contribution in [0.5, 0.6) is 0 Å². The molecule has 7 nitrogen and oxygen atoms in total. The van der Waals surface area contributed by atoms with Gasteiger partial charge in [0.05, 0.1) is 16.6 Å². The minimum absolute atomic E-state index is 0.00846. The zero-order valence-electron chi connectivity index (χ0n) is 20.4. The lowest BCUT2D eigenvalue weighted by Gasteiger charge is -2.38. The molecule has 190 valence electrons. The lowest BCUT2D eigenvalue weighted by molar-refractivity contribution is -0.140. The first kappa shape index (κ1) is 24.8. The second-order valence-electron chi connectivity index (χ2n) is 10.1. The highest BCUT2D eigenvalue weighted by molar-refractivity contribution is 8.02. The van der Waals surface area contributed by atoms with Gasteiger partial charge in [0.2, 0.25) is 17.7 Å². The fraction of sp³-hybridized carbons (Fsp3) is 0.464. The number of benzene rings is 2. The molecule has 2 aromatic rings. The predicted molar refractivity (Wildman–Crippen MR) is 139 cm³/mol. The average Bonchev–Trinajstić information content (AvgIpc) is 3.49. The molecular formula is C28H33N3O4S. The van der Waals surface area contributed by atoms with Gasteiger partial charge >= 0.3 is 0 Å². The molecule has 36 heavy (non-hydrogen) atoms. The maximum Gasteiger partial charge on any atom is 0.244 e. The van der Waals surface area contributed by atoms with Crippen LogP contribution in [-0.2, 0) is 27.5 Å². The Hall–Kier alpha value is -2.84. The molecule has 8 heteroatoms. The number of hydrogen-bond donors (Lipinski definition) is 3. The first-order valence-electron chi connectivity index (χ1n) is 12.7. The van der Waals surface area contributed by atoms with E-state index in [1.807, 2.05) is 60.7 Å². The van der Waals surface area contributed by atoms with Crippen molar-refractivity contribution >= 4 is 29.5 Å². The van der Waals surface area contributed by atoms with Crippen molar-refractivity contribution in [1.82, 2.24) is 15.5 Å². The Bertz CT molecular complexity index is 1110. The summed E-state index contributed by atoms with van der Waals surface area (Å²) >= 11 is 1.67. The van der Waals surface area contributed by atoms with Crippen LogP contribution in [0.1, 0.15) is 30.9 Å². The number of fused-ring (bicyclic) bond motifs is 1. The normalized spacial score (nSPS) is 30.3. The van der Waals surface area contributed by atoms with E-state index in [4.69, 9.17) is 0 Å². The van der Waals surface area contributed by atoms with Crippen molar-refractivity contribution in [3.8, 4) is 0 Å². The van der Waals surface area contributed by atoms with Crippen LogP contribution in [0.15, 0.2) is 60.7 Å². The quantitative estimate of drug-likeness (QED) is 0.484. The third-order valence-corrected chi connectivity index (χ3v) is 10.0. The van der Waals surface area contributed by atoms with Crippen molar-refractivity contribution in [3.63, 3.8) is 0 Å². The number of amides is 3. The van der Waals surface area contributed by atoms with Gasteiger partial charge in [-0.05, 0) is 29.9 Å². The van der Waals surface area contributed by atoms with Gasteiger partial charge in [-0.2, -0.15) is 0 Å². The molecule has 3 unspecified atom stereocenters. The summed E-state index contributed by atoms with van der Waals surface area (Å²) in [4.78, 5) is 42.7. The molecule has 3 saturated heterocycles. The summed E-state index contributed by atoms with van der Waals surface area (Å²) in [5.41, 5.74) is 1.99. The van der Waals surface area contributed by atoms with E-state index in [0.717, 1.165) is 17.5 Å². The van der Waals surface area contributed by atoms with E-state index < -0.39 is 22.6 Å². The van der Waals surface area contributed by atoms with E-state index in [-0.39, 0.29) is 35.5 Å². The number of rotatable bonds is 9. The lowest BCUT2D eigenvalue weighted by atomic mass is 9.66. The summed E-state index contributed by atoms with van der Waals surface area (Å²) in [6, 6.07) is 18.8. The maximum absolute atomic E-state index is 13.9. The molecule has 3 N–H and O–H groups in total. The van der Waals surface area contributed by atoms with Gasteiger partial charge in [0.25, 0.3) is 0 Å². The van der Waals surface area contributed by atoms with Gasteiger partial charge in [-0.1, -0.05) is 67.6 Å². The summed E-state index contributed by atoms with van der Waals surface area (Å²) in [7, 11) is 0. The topological polar surface area (TPSA) is 98.7 Å². The third-order valence-electron chi connectivity index (χ3n) is 7.97. The number of hydrogen-bond acceptors (Lipinski definition) is 5. The molecule has 3 aliphatic rings. The van der Waals surface area contributed by atoms with Gasteiger partial charge in [-0.3, -0.25) is 14.4 Å². The average molecular weight is 508 g/mol. The van der Waals surface area contributed by atoms with E-state index in [1.54, 1.807) is 16.7 Å². The first-order chi connectivity index (χ1) is 17.5. The standard InChI is InChI=1S/C28H33N3O4S/c1-18-15-21-22(25(33)29-16-19-9-4-2-5-10-19)23-27(35)31(13-8-14-32)24(28(18,23)36-21)26(34)30-17-20-11-6-3-7-12-20/h2-7,9-12,18,21-24,32H,8,13-17H2,1H3,(H,29,33)(H,30,34)/t18?,21-,22+,23+,24?,28?/m1/s1. The fourth-order valence-electron chi connectivity index (χ4n) is 6.39. The van der Waals surface area contributed by atoms with Crippen LogP contribution in [0.4, 0.5) is 0 Å². The Balaban J connectivity index is 1.40. The summed E-state index contributed by atoms with van der Waals surface area (Å²) < 4.78 is -0.646. The van der Waals surface area contributed by atoms with E-state index in [2.05, 4.69) is 17.6 Å². The minimum atomic E-state index is -0.665. The molecule has 3 heterocycles. The zero-order chi connectivity index (χ0) is 25.3. The summed E-state index contributed by atoms with van der Waals surface area (Å²) in [5, 5.41) is 15.6. The summed E-state index contributed by atoms with van der Waals surface area (Å²) in [5.74, 6) is -1.32. The van der Waals surface area contributed by atoms with Crippen molar-refractivity contribution in [2.45, 2.75) is 48.9 Å². The third kappa shape index (κ3) is 4.20. The molecule has 2 aromatic carbocycles. The number of likely N-dealkylation sites (tertiary alicyclic amines) is 1. The molecule has 2 bridgehead atoms. The summed E-state index contributed by atoms with van der Waals surface area (Å²) in [6.45, 7) is 3.13. The van der Waals surface area contributed by atoms with Gasteiger partial charge in [-0.25, -0.2) is 0 Å². The number of aliphatic hydroxyl groups is 1.